The predicted octanol–water partition coefficient (Wildman–Crippen LogP) is 9.90. The summed E-state index contributed by atoms with van der Waals surface area (Å²) in [6, 6.07) is -1.55. The molecule has 3 atom stereocenters. The molecule has 0 bridgehead atoms. The van der Waals surface area contributed by atoms with Crippen molar-refractivity contribution in [3.8, 4) is 0 Å². The number of carboxylic acid groups (broad SMARTS) is 1. The average Bonchev–Trinajstić information content (AvgIpc) is 3.18. The maximum atomic E-state index is 12.6. The number of hydrogen-bond donors (Lipinski definition) is 3. The predicted molar refractivity (Wildman–Crippen MR) is 226 cm³/mol. The molecule has 322 valence electrons. The third kappa shape index (κ3) is 37.7. The molecule has 0 aliphatic heterocycles. The number of aliphatic carboxylic acids is 1. The van der Waals surface area contributed by atoms with Gasteiger partial charge in [0.1, 0.15) is 12.6 Å². The Morgan fingerprint density at radius 2 is 1.16 bits per heavy atom. The van der Waals surface area contributed by atoms with Gasteiger partial charge in [0.25, 0.3) is 0 Å². The van der Waals surface area contributed by atoms with Crippen LogP contribution in [0.1, 0.15) is 136 Å². The molecule has 0 radical (unpaired) electrons. The van der Waals surface area contributed by atoms with E-state index in [2.05, 4.69) is 54.8 Å². The second-order valence-corrected chi connectivity index (χ2v) is 14.9. The number of ether oxygens (including phenoxy) is 2. The maximum absolute atomic E-state index is 12.6. The normalized spacial score (nSPS) is 14.5. The van der Waals surface area contributed by atoms with Crippen LogP contribution < -0.4 is 5.73 Å². The Kier molecular flexibility index (Phi) is 35.4. The fourth-order valence-electron chi connectivity index (χ4n) is 4.85. The molecule has 0 aromatic rings. The summed E-state index contributed by atoms with van der Waals surface area (Å²) < 4.78 is 32.5. The zero-order chi connectivity index (χ0) is 42.2. The molecule has 4 N–H and O–H groups in total. The minimum Gasteiger partial charge on any atom is -0.480 e. The lowest BCUT2D eigenvalue weighted by Crippen LogP contribution is -2.34. The van der Waals surface area contributed by atoms with Gasteiger partial charge >= 0.3 is 25.7 Å². The van der Waals surface area contributed by atoms with Crippen molar-refractivity contribution >= 4 is 31.5 Å². The molecule has 0 aromatic heterocycles. The van der Waals surface area contributed by atoms with Crippen molar-refractivity contribution in [3.63, 3.8) is 0 Å². The number of phosphoric acid groups is 1. The molecule has 0 aromatic carbocycles. The molecule has 0 aliphatic carbocycles. The summed E-state index contributed by atoms with van der Waals surface area (Å²) in [6.45, 7) is 2.41. The van der Waals surface area contributed by atoms with E-state index in [1.807, 2.05) is 36.5 Å². The Hall–Kier alpha value is -3.67. The summed E-state index contributed by atoms with van der Waals surface area (Å²) >= 11 is 0. The van der Waals surface area contributed by atoms with Crippen molar-refractivity contribution in [2.24, 2.45) is 5.73 Å². The second-order valence-electron chi connectivity index (χ2n) is 13.4. The fraction of sp³-hybridized carbons (Fsp3) is 0.591. The highest BCUT2D eigenvalue weighted by atomic mass is 31.2. The molecule has 0 amide bonds. The van der Waals surface area contributed by atoms with E-state index < -0.39 is 57.7 Å². The van der Waals surface area contributed by atoms with Crippen LogP contribution in [0.2, 0.25) is 0 Å². The van der Waals surface area contributed by atoms with Gasteiger partial charge in [-0.05, 0) is 76.7 Å². The van der Waals surface area contributed by atoms with Crippen molar-refractivity contribution in [1.82, 2.24) is 0 Å². The van der Waals surface area contributed by atoms with Gasteiger partial charge in [-0.1, -0.05) is 125 Å². The lowest BCUT2D eigenvalue weighted by Gasteiger charge is -2.20. The van der Waals surface area contributed by atoms with Crippen molar-refractivity contribution in [1.29, 1.82) is 0 Å². The van der Waals surface area contributed by atoms with Gasteiger partial charge in [-0.15, -0.1) is 0 Å². The molecular formula is C44H70NO11P. The topological polar surface area (TPSA) is 189 Å². The molecule has 12 nitrogen and oxygen atoms in total. The Bertz CT molecular complexity index is 1350. The Morgan fingerprint density at radius 3 is 1.81 bits per heavy atom. The second kappa shape index (κ2) is 37.9. The minimum atomic E-state index is -4.75. The first-order valence-electron chi connectivity index (χ1n) is 20.6. The van der Waals surface area contributed by atoms with E-state index in [1.165, 1.54) is 0 Å². The summed E-state index contributed by atoms with van der Waals surface area (Å²) in [4.78, 5) is 57.6. The summed E-state index contributed by atoms with van der Waals surface area (Å²) in [5.41, 5.74) is 5.31. The van der Waals surface area contributed by atoms with Crippen LogP contribution in [0.25, 0.3) is 0 Å². The van der Waals surface area contributed by atoms with E-state index in [-0.39, 0.29) is 18.6 Å². The van der Waals surface area contributed by atoms with Gasteiger partial charge in [-0.25, -0.2) is 4.57 Å². The van der Waals surface area contributed by atoms with Crippen LogP contribution in [0.3, 0.4) is 0 Å². The molecule has 0 saturated heterocycles. The number of carbonyl (C=O) groups is 4. The van der Waals surface area contributed by atoms with E-state index in [9.17, 15) is 28.6 Å². The molecule has 0 heterocycles. The summed E-state index contributed by atoms with van der Waals surface area (Å²) in [7, 11) is -4.75. The van der Waals surface area contributed by atoms with Crippen molar-refractivity contribution in [3.05, 3.63) is 85.1 Å². The number of nitrogens with two attached hydrogens (primary N) is 1. The van der Waals surface area contributed by atoms with E-state index in [1.54, 1.807) is 12.2 Å². The van der Waals surface area contributed by atoms with Gasteiger partial charge in [0, 0.05) is 19.3 Å². The molecule has 0 saturated carbocycles. The SMILES string of the molecule is CC/C=C\C/C=C\C/C=C\CCCCCCCC(=O)OC[C@H](COP(=O)(O)OC[C@H](N)C(=O)O)OC(=O)CCC/C=C\C/C=C\C/C=C\C=C\C(=O)CCCCC. The first-order valence-corrected chi connectivity index (χ1v) is 22.1. The molecule has 1 unspecified atom stereocenters. The zero-order valence-corrected chi connectivity index (χ0v) is 35.3. The van der Waals surface area contributed by atoms with Crippen molar-refractivity contribution in [2.45, 2.75) is 148 Å². The number of carboxylic acids is 1. The molecule has 0 spiro atoms. The first kappa shape index (κ1) is 53.3. The first-order chi connectivity index (χ1) is 27.5. The third-order valence-corrected chi connectivity index (χ3v) is 9.05. The molecule has 13 heteroatoms. The standard InChI is InChI=1S/C44H70NO11P/c1-3-5-7-8-9-10-11-12-13-14-17-20-23-26-30-34-42(47)53-36-40(37-54-57(51,52)55-38-41(45)44(49)50)56-43(48)35-31-27-24-21-18-15-16-19-22-25-29-33-39(46)32-28-6-4-2/h5,7,9-10,12-13,15-16,21-22,24-25,29,33,40-41H,3-4,6,8,11,14,17-20,23,26-28,30-32,34-38,45H2,1-2H3,(H,49,50)(H,51,52)/b7-5-,10-9-,13-12-,16-15-,24-21-,25-22-,33-29+/t40-,41+/m1/s1. The van der Waals surface area contributed by atoms with Gasteiger partial charge in [-0.2, -0.15) is 0 Å². The smallest absolute Gasteiger partial charge is 0.472 e. The van der Waals surface area contributed by atoms with Crippen LogP contribution in [0.15, 0.2) is 85.1 Å². The van der Waals surface area contributed by atoms with Crippen LogP contribution in [-0.2, 0) is 42.3 Å². The van der Waals surface area contributed by atoms with Crippen LogP contribution in [0.4, 0.5) is 0 Å². The third-order valence-electron chi connectivity index (χ3n) is 8.10. The van der Waals surface area contributed by atoms with Crippen LogP contribution in [0.5, 0.6) is 0 Å². The Morgan fingerprint density at radius 1 is 0.614 bits per heavy atom. The summed E-state index contributed by atoms with van der Waals surface area (Å²) in [5.74, 6) is -2.38. The Labute approximate surface area is 341 Å². The highest BCUT2D eigenvalue weighted by Gasteiger charge is 2.28. The number of ketones is 1. The van der Waals surface area contributed by atoms with E-state index in [4.69, 9.17) is 24.8 Å². The number of phosphoric ester groups is 1. The summed E-state index contributed by atoms with van der Waals surface area (Å²) in [5, 5.41) is 8.87. The van der Waals surface area contributed by atoms with Gasteiger partial charge in [0.2, 0.25) is 0 Å². The monoisotopic (exact) mass is 819 g/mol. The van der Waals surface area contributed by atoms with Gasteiger partial charge in [-0.3, -0.25) is 28.2 Å². The summed E-state index contributed by atoms with van der Waals surface area (Å²) in [6.07, 6.45) is 42.1. The fourth-order valence-corrected chi connectivity index (χ4v) is 5.63. The van der Waals surface area contributed by atoms with Gasteiger partial charge in [0.05, 0.1) is 13.2 Å². The quantitative estimate of drug-likeness (QED) is 0.0135. The van der Waals surface area contributed by atoms with Crippen LogP contribution in [0, 0.1) is 0 Å². The van der Waals surface area contributed by atoms with Gasteiger partial charge < -0.3 is 25.2 Å². The number of hydrogen-bond acceptors (Lipinski definition) is 10. The molecule has 0 rings (SSSR count). The lowest BCUT2D eigenvalue weighted by atomic mass is 10.1. The number of allylic oxidation sites excluding steroid dienone is 14. The highest BCUT2D eigenvalue weighted by Crippen LogP contribution is 2.43. The minimum absolute atomic E-state index is 0.0502. The van der Waals surface area contributed by atoms with E-state index in [0.29, 0.717) is 25.7 Å². The molecule has 0 fully saturated rings. The lowest BCUT2D eigenvalue weighted by molar-refractivity contribution is -0.161. The molecule has 57 heavy (non-hydrogen) atoms. The largest absolute Gasteiger partial charge is 0.480 e. The highest BCUT2D eigenvalue weighted by molar-refractivity contribution is 7.47. The average molecular weight is 820 g/mol. The van der Waals surface area contributed by atoms with E-state index >= 15 is 0 Å². The molecule has 0 aliphatic rings. The van der Waals surface area contributed by atoms with Crippen LogP contribution in [-0.4, -0.2) is 65.7 Å². The van der Waals surface area contributed by atoms with Gasteiger partial charge in [0.15, 0.2) is 11.9 Å². The number of unbranched alkanes of at least 4 members (excludes halogenated alkanes) is 8. The van der Waals surface area contributed by atoms with Crippen molar-refractivity contribution in [2.75, 3.05) is 19.8 Å². The molecular weight excluding hydrogens is 749 g/mol. The number of esters is 2. The zero-order valence-electron chi connectivity index (χ0n) is 34.4. The van der Waals surface area contributed by atoms with Crippen molar-refractivity contribution < 1.29 is 52.3 Å². The van der Waals surface area contributed by atoms with E-state index in [0.717, 1.165) is 83.5 Å². The van der Waals surface area contributed by atoms with Crippen LogP contribution >= 0.6 is 7.82 Å². The number of rotatable bonds is 37. The number of carbonyl (C=O) groups excluding carboxylic acids is 3. The Balaban J connectivity index is 4.59. The maximum Gasteiger partial charge on any atom is 0.472 e.